The molecule has 264 valence electrons. The van der Waals surface area contributed by atoms with Crippen molar-refractivity contribution >= 4 is 5.97 Å². The van der Waals surface area contributed by atoms with Gasteiger partial charge in [0.25, 0.3) is 0 Å². The third-order valence-corrected chi connectivity index (χ3v) is 11.3. The molecule has 8 heteroatoms. The standard InChI is InChI=1S/C39H63N3O5/c1-3-5-7-10-28-13-14-31(36(44)22-28)11-8-6-9-12-34(38(45)46)35(43)15-17-39(47)25-30(19-29-16-18-41-37(40)23-29)20-32(39)24-33-21-27(4-2)26-42-33/h13-14,16,21,23,26,28,30-32,34-36,41-44,47H,3-12,15,17-20,22,24-25,40H2,1-2H3,(H,45,46). The number of aliphatic carboxylic acids is 1. The molecule has 1 fully saturated rings. The highest BCUT2D eigenvalue weighted by Crippen LogP contribution is 2.47. The molecule has 0 amide bonds. The molecule has 1 saturated carbocycles. The zero-order valence-electron chi connectivity index (χ0n) is 29.0. The topological polar surface area (TPSA) is 152 Å². The first-order valence-electron chi connectivity index (χ1n) is 18.7. The van der Waals surface area contributed by atoms with Crippen molar-refractivity contribution in [3.63, 3.8) is 0 Å². The lowest BCUT2D eigenvalue weighted by Gasteiger charge is -2.32. The van der Waals surface area contributed by atoms with Gasteiger partial charge in [-0.05, 0) is 112 Å². The molecule has 0 radical (unpaired) electrons. The van der Waals surface area contributed by atoms with Crippen LogP contribution in [0.25, 0.3) is 0 Å². The fourth-order valence-corrected chi connectivity index (χ4v) is 8.42. The number of nitrogens with two attached hydrogens (primary N) is 1. The number of unbranched alkanes of at least 4 members (excludes halogenated alkanes) is 4. The molecule has 8 atom stereocenters. The Morgan fingerprint density at radius 2 is 1.87 bits per heavy atom. The zero-order chi connectivity index (χ0) is 33.8. The van der Waals surface area contributed by atoms with Crippen LogP contribution in [0.3, 0.4) is 0 Å². The summed E-state index contributed by atoms with van der Waals surface area (Å²) in [5.74, 6) is -0.168. The molecule has 1 aliphatic heterocycles. The van der Waals surface area contributed by atoms with Gasteiger partial charge in [-0.2, -0.15) is 0 Å². The molecule has 8 N–H and O–H groups in total. The van der Waals surface area contributed by atoms with E-state index < -0.39 is 23.6 Å². The molecule has 1 aromatic rings. The number of carboxylic acids is 1. The van der Waals surface area contributed by atoms with Crippen molar-refractivity contribution in [3.8, 4) is 0 Å². The molecular formula is C39H63N3O5. The number of hydrogen-bond donors (Lipinski definition) is 7. The molecule has 2 heterocycles. The summed E-state index contributed by atoms with van der Waals surface area (Å²) < 4.78 is 0. The summed E-state index contributed by atoms with van der Waals surface area (Å²) >= 11 is 0. The van der Waals surface area contributed by atoms with Gasteiger partial charge in [-0.25, -0.2) is 0 Å². The third-order valence-electron chi connectivity index (χ3n) is 11.3. The first-order chi connectivity index (χ1) is 22.6. The van der Waals surface area contributed by atoms with E-state index in [4.69, 9.17) is 5.73 Å². The average Bonchev–Trinajstić information content (AvgIpc) is 3.62. The number of nitrogens with one attached hydrogen (secondary N) is 2. The number of carbonyl (C=O) groups is 1. The van der Waals surface area contributed by atoms with Gasteiger partial charge in [-0.15, -0.1) is 0 Å². The van der Waals surface area contributed by atoms with Crippen molar-refractivity contribution in [2.24, 2.45) is 35.3 Å². The largest absolute Gasteiger partial charge is 0.481 e. The smallest absolute Gasteiger partial charge is 0.309 e. The van der Waals surface area contributed by atoms with Crippen LogP contribution in [-0.4, -0.2) is 55.7 Å². The number of aliphatic hydroxyl groups is 3. The molecule has 8 unspecified atom stereocenters. The number of hydrogen-bond acceptors (Lipinski definition) is 6. The second-order valence-electron chi connectivity index (χ2n) is 15.0. The van der Waals surface area contributed by atoms with Gasteiger partial charge in [0.1, 0.15) is 0 Å². The Hall–Kier alpha value is -2.55. The lowest BCUT2D eigenvalue weighted by Crippen LogP contribution is -2.37. The number of dihydropyridines is 1. The van der Waals surface area contributed by atoms with Crippen molar-refractivity contribution in [2.75, 3.05) is 6.54 Å². The lowest BCUT2D eigenvalue weighted by atomic mass is 9.80. The van der Waals surface area contributed by atoms with Gasteiger partial charge >= 0.3 is 5.97 Å². The summed E-state index contributed by atoms with van der Waals surface area (Å²) in [6, 6.07) is 2.18. The Balaban J connectivity index is 1.27. The number of aromatic nitrogens is 1. The Morgan fingerprint density at radius 1 is 1.06 bits per heavy atom. The Labute approximate surface area is 283 Å². The number of H-pyrrole nitrogens is 1. The monoisotopic (exact) mass is 653 g/mol. The van der Waals surface area contributed by atoms with Gasteiger partial charge in [0, 0.05) is 24.4 Å². The molecule has 2 aliphatic carbocycles. The molecule has 8 nitrogen and oxygen atoms in total. The van der Waals surface area contributed by atoms with Crippen LogP contribution in [0.4, 0.5) is 0 Å². The molecule has 0 spiro atoms. The first-order valence-corrected chi connectivity index (χ1v) is 18.7. The maximum absolute atomic E-state index is 12.2. The molecule has 0 bridgehead atoms. The van der Waals surface area contributed by atoms with Crippen LogP contribution in [0.5, 0.6) is 0 Å². The maximum Gasteiger partial charge on any atom is 0.309 e. The molecule has 0 saturated heterocycles. The van der Waals surface area contributed by atoms with Gasteiger partial charge < -0.3 is 36.5 Å². The van der Waals surface area contributed by atoms with Crippen molar-refractivity contribution in [3.05, 3.63) is 59.2 Å². The van der Waals surface area contributed by atoms with E-state index in [-0.39, 0.29) is 30.3 Å². The predicted octanol–water partition coefficient (Wildman–Crippen LogP) is 6.52. The number of aliphatic hydroxyl groups excluding tert-OH is 2. The van der Waals surface area contributed by atoms with E-state index in [1.54, 1.807) is 0 Å². The van der Waals surface area contributed by atoms with Crippen LogP contribution in [0.1, 0.15) is 121 Å². The van der Waals surface area contributed by atoms with E-state index in [0.717, 1.165) is 69.9 Å². The fourth-order valence-electron chi connectivity index (χ4n) is 8.42. The third kappa shape index (κ3) is 11.3. The van der Waals surface area contributed by atoms with Gasteiger partial charge in [0.05, 0.1) is 29.5 Å². The molecule has 4 rings (SSSR count). The van der Waals surface area contributed by atoms with Crippen molar-refractivity contribution < 1.29 is 25.2 Å². The number of aryl methyl sites for hydroxylation is 1. The van der Waals surface area contributed by atoms with Gasteiger partial charge in [0.2, 0.25) is 0 Å². The van der Waals surface area contributed by atoms with Gasteiger partial charge in [0.15, 0.2) is 0 Å². The van der Waals surface area contributed by atoms with E-state index in [9.17, 15) is 25.2 Å². The van der Waals surface area contributed by atoms with Gasteiger partial charge in [-0.3, -0.25) is 4.79 Å². The van der Waals surface area contributed by atoms with E-state index in [0.29, 0.717) is 37.5 Å². The minimum atomic E-state index is -1.00. The van der Waals surface area contributed by atoms with Crippen molar-refractivity contribution in [1.82, 2.24) is 10.3 Å². The Kier molecular flexibility index (Phi) is 14.5. The van der Waals surface area contributed by atoms with E-state index in [1.165, 1.54) is 30.4 Å². The normalized spacial score (nSPS) is 28.8. The second kappa shape index (κ2) is 18.3. The number of aromatic amines is 1. The molecule has 47 heavy (non-hydrogen) atoms. The summed E-state index contributed by atoms with van der Waals surface area (Å²) in [4.78, 5) is 15.6. The van der Waals surface area contributed by atoms with Crippen molar-refractivity contribution in [2.45, 2.75) is 141 Å². The summed E-state index contributed by atoms with van der Waals surface area (Å²) in [5.41, 5.74) is 8.59. The number of rotatable bonds is 20. The fraction of sp³-hybridized carbons (Fsp3) is 0.718. The van der Waals surface area contributed by atoms with Crippen LogP contribution in [0, 0.1) is 29.6 Å². The minimum absolute atomic E-state index is 0.0192. The highest BCUT2D eigenvalue weighted by Gasteiger charge is 2.46. The summed E-state index contributed by atoms with van der Waals surface area (Å²) in [7, 11) is 0. The highest BCUT2D eigenvalue weighted by molar-refractivity contribution is 5.70. The van der Waals surface area contributed by atoms with E-state index >= 15 is 0 Å². The summed E-state index contributed by atoms with van der Waals surface area (Å²) in [6.07, 6.45) is 23.6. The maximum atomic E-state index is 12.2. The zero-order valence-corrected chi connectivity index (χ0v) is 29.0. The number of carboxylic acid groups (broad SMARTS) is 1. The highest BCUT2D eigenvalue weighted by atomic mass is 16.4. The second-order valence-corrected chi connectivity index (χ2v) is 15.0. The van der Waals surface area contributed by atoms with Gasteiger partial charge in [-0.1, -0.05) is 70.6 Å². The van der Waals surface area contributed by atoms with Crippen LogP contribution < -0.4 is 11.1 Å². The summed E-state index contributed by atoms with van der Waals surface area (Å²) in [5, 5.41) is 47.1. The molecule has 0 aromatic carbocycles. The number of allylic oxidation sites excluding steroid dienone is 3. The van der Waals surface area contributed by atoms with Crippen LogP contribution in [0.2, 0.25) is 0 Å². The predicted molar refractivity (Wildman–Crippen MR) is 188 cm³/mol. The quantitative estimate of drug-likeness (QED) is 0.0625. The molecule has 3 aliphatic rings. The summed E-state index contributed by atoms with van der Waals surface area (Å²) in [6.45, 7) is 5.05. The van der Waals surface area contributed by atoms with E-state index in [1.807, 2.05) is 12.3 Å². The van der Waals surface area contributed by atoms with Crippen molar-refractivity contribution in [1.29, 1.82) is 0 Å². The van der Waals surface area contributed by atoms with Crippen LogP contribution in [-0.2, 0) is 17.6 Å². The Morgan fingerprint density at radius 3 is 2.57 bits per heavy atom. The van der Waals surface area contributed by atoms with Crippen LogP contribution >= 0.6 is 0 Å². The molecule has 1 aromatic heterocycles. The first kappa shape index (κ1) is 37.3. The lowest BCUT2D eigenvalue weighted by molar-refractivity contribution is -0.146. The average molecular weight is 654 g/mol. The Bertz CT molecular complexity index is 1210. The molecular weight excluding hydrogens is 590 g/mol. The van der Waals surface area contributed by atoms with Crippen LogP contribution in [0.15, 0.2) is 48.0 Å². The van der Waals surface area contributed by atoms with E-state index in [2.05, 4.69) is 48.4 Å². The SMILES string of the molecule is CCCCCC1C=CC(CCCCCC(C(=O)O)C(O)CCC2(O)CC(CC3=CCNC(N)=C3)CC2Cc2cc(CC)c[nH]2)C(O)C1. The minimum Gasteiger partial charge on any atom is -0.481 e.